The van der Waals surface area contributed by atoms with Crippen molar-refractivity contribution < 1.29 is 14.1 Å². The molecular formula is C16H14ClFN2O3. The second-order valence-corrected chi connectivity index (χ2v) is 5.28. The molecule has 23 heavy (non-hydrogen) atoms. The largest absolute Gasteiger partial charge is 0.335 e. The Labute approximate surface area is 137 Å². The number of nitro benzene ring substituents is 1. The molecule has 120 valence electrons. The molecule has 0 heterocycles. The van der Waals surface area contributed by atoms with Crippen LogP contribution < -0.4 is 0 Å². The molecule has 2 rings (SSSR count). The highest BCUT2D eigenvalue weighted by Crippen LogP contribution is 2.24. The first kappa shape index (κ1) is 16.9. The van der Waals surface area contributed by atoms with Crippen molar-refractivity contribution in [1.82, 2.24) is 4.90 Å². The van der Waals surface area contributed by atoms with Crippen molar-refractivity contribution >= 4 is 23.2 Å². The summed E-state index contributed by atoms with van der Waals surface area (Å²) >= 11 is 5.99. The summed E-state index contributed by atoms with van der Waals surface area (Å²) in [5, 5.41) is 10.7. The van der Waals surface area contributed by atoms with Gasteiger partial charge in [0.2, 0.25) is 0 Å². The molecule has 0 saturated carbocycles. The predicted octanol–water partition coefficient (Wildman–Crippen LogP) is 4.05. The Balaban J connectivity index is 2.24. The van der Waals surface area contributed by atoms with Crippen molar-refractivity contribution in [3.8, 4) is 0 Å². The number of amides is 1. The Morgan fingerprint density at radius 2 is 2.04 bits per heavy atom. The highest BCUT2D eigenvalue weighted by Gasteiger charge is 2.20. The van der Waals surface area contributed by atoms with Crippen molar-refractivity contribution in [1.29, 1.82) is 0 Å². The Kier molecular flexibility index (Phi) is 5.28. The summed E-state index contributed by atoms with van der Waals surface area (Å²) in [7, 11) is 0. The summed E-state index contributed by atoms with van der Waals surface area (Å²) in [6, 6.07) is 9.68. The van der Waals surface area contributed by atoms with E-state index in [0.717, 1.165) is 6.07 Å². The molecule has 5 nitrogen and oxygen atoms in total. The van der Waals surface area contributed by atoms with E-state index in [1.807, 2.05) is 0 Å². The van der Waals surface area contributed by atoms with Gasteiger partial charge < -0.3 is 4.90 Å². The number of nitrogens with zero attached hydrogens (tertiary/aromatic N) is 2. The van der Waals surface area contributed by atoms with Crippen LogP contribution in [0.5, 0.6) is 0 Å². The second-order valence-electron chi connectivity index (χ2n) is 4.87. The summed E-state index contributed by atoms with van der Waals surface area (Å²) in [6.45, 7) is 2.40. The van der Waals surface area contributed by atoms with Gasteiger partial charge in [-0.05, 0) is 30.7 Å². The van der Waals surface area contributed by atoms with Crippen LogP contribution in [0.4, 0.5) is 10.1 Å². The molecule has 0 N–H and O–H groups in total. The minimum absolute atomic E-state index is 0.0156. The third-order valence-electron chi connectivity index (χ3n) is 3.33. The summed E-state index contributed by atoms with van der Waals surface area (Å²) < 4.78 is 13.2. The average molecular weight is 337 g/mol. The van der Waals surface area contributed by atoms with Crippen LogP contribution in [0.3, 0.4) is 0 Å². The Hall–Kier alpha value is -2.47. The van der Waals surface area contributed by atoms with Gasteiger partial charge in [-0.3, -0.25) is 14.9 Å². The van der Waals surface area contributed by atoms with E-state index in [1.165, 1.54) is 29.2 Å². The Bertz CT molecular complexity index is 752. The zero-order valence-electron chi connectivity index (χ0n) is 12.3. The fourth-order valence-electron chi connectivity index (χ4n) is 2.14. The minimum atomic E-state index is -0.579. The number of hydrogen-bond acceptors (Lipinski definition) is 3. The summed E-state index contributed by atoms with van der Waals surface area (Å²) in [5.74, 6) is -0.740. The average Bonchev–Trinajstić information content (AvgIpc) is 2.52. The lowest BCUT2D eigenvalue weighted by atomic mass is 10.1. The van der Waals surface area contributed by atoms with E-state index in [2.05, 4.69) is 0 Å². The summed E-state index contributed by atoms with van der Waals surface area (Å²) in [5.41, 5.74) is 0.647. The molecule has 0 aliphatic rings. The van der Waals surface area contributed by atoms with Crippen molar-refractivity contribution in [2.75, 3.05) is 6.54 Å². The van der Waals surface area contributed by atoms with E-state index in [9.17, 15) is 19.3 Å². The highest BCUT2D eigenvalue weighted by atomic mass is 35.5. The quantitative estimate of drug-likeness (QED) is 0.611. The first-order valence-electron chi connectivity index (χ1n) is 6.90. The van der Waals surface area contributed by atoms with Crippen LogP contribution in [-0.4, -0.2) is 22.3 Å². The maximum absolute atomic E-state index is 13.2. The third-order valence-corrected chi connectivity index (χ3v) is 3.64. The number of non-ortho nitro benzene ring substituents is 1. The number of carbonyl (C=O) groups is 1. The van der Waals surface area contributed by atoms with Crippen LogP contribution in [-0.2, 0) is 6.54 Å². The molecule has 0 saturated heterocycles. The van der Waals surface area contributed by atoms with Crippen LogP contribution >= 0.6 is 11.6 Å². The van der Waals surface area contributed by atoms with Gasteiger partial charge >= 0.3 is 0 Å². The molecule has 0 spiro atoms. The zero-order chi connectivity index (χ0) is 17.0. The standard InChI is InChI=1S/C16H14ClFN2O3/c1-2-19(10-11-4-3-5-12(18)8-11)16(21)14-7-6-13(20(22)23)9-15(14)17/h3-9H,2,10H2,1H3. The fourth-order valence-corrected chi connectivity index (χ4v) is 2.40. The number of nitro groups is 1. The minimum Gasteiger partial charge on any atom is -0.335 e. The molecule has 0 aliphatic heterocycles. The van der Waals surface area contributed by atoms with E-state index < -0.39 is 4.92 Å². The number of rotatable bonds is 5. The molecule has 7 heteroatoms. The van der Waals surface area contributed by atoms with Gasteiger partial charge in [-0.1, -0.05) is 23.7 Å². The molecule has 0 atom stereocenters. The zero-order valence-corrected chi connectivity index (χ0v) is 13.1. The first-order valence-corrected chi connectivity index (χ1v) is 7.27. The van der Waals surface area contributed by atoms with E-state index in [0.29, 0.717) is 12.1 Å². The van der Waals surface area contributed by atoms with Crippen molar-refractivity contribution in [3.05, 3.63) is 74.5 Å². The summed E-state index contributed by atoms with van der Waals surface area (Å²) in [4.78, 5) is 24.2. The van der Waals surface area contributed by atoms with Crippen molar-refractivity contribution in [3.63, 3.8) is 0 Å². The Morgan fingerprint density at radius 1 is 1.30 bits per heavy atom. The molecular weight excluding hydrogens is 323 g/mol. The van der Waals surface area contributed by atoms with Gasteiger partial charge in [0.15, 0.2) is 0 Å². The van der Waals surface area contributed by atoms with E-state index in [-0.39, 0.29) is 34.5 Å². The smallest absolute Gasteiger partial charge is 0.270 e. The van der Waals surface area contributed by atoms with E-state index in [4.69, 9.17) is 11.6 Å². The molecule has 0 aliphatic carbocycles. The molecule has 1 amide bonds. The van der Waals surface area contributed by atoms with Gasteiger partial charge in [-0.25, -0.2) is 4.39 Å². The number of benzene rings is 2. The van der Waals surface area contributed by atoms with Crippen molar-refractivity contribution in [2.24, 2.45) is 0 Å². The normalized spacial score (nSPS) is 10.4. The fraction of sp³-hybridized carbons (Fsp3) is 0.188. The van der Waals surface area contributed by atoms with Crippen LogP contribution in [0.15, 0.2) is 42.5 Å². The third kappa shape index (κ3) is 4.04. The molecule has 2 aromatic rings. The maximum atomic E-state index is 13.2. The SMILES string of the molecule is CCN(Cc1cccc(F)c1)C(=O)c1ccc([N+](=O)[O-])cc1Cl. The summed E-state index contributed by atoms with van der Waals surface area (Å²) in [6.07, 6.45) is 0. The van der Waals surface area contributed by atoms with Crippen LogP contribution in [0, 0.1) is 15.9 Å². The molecule has 0 aromatic heterocycles. The lowest BCUT2D eigenvalue weighted by Crippen LogP contribution is -2.30. The molecule has 0 radical (unpaired) electrons. The van der Waals surface area contributed by atoms with Crippen molar-refractivity contribution in [2.45, 2.75) is 13.5 Å². The monoisotopic (exact) mass is 336 g/mol. The molecule has 2 aromatic carbocycles. The highest BCUT2D eigenvalue weighted by molar-refractivity contribution is 6.34. The van der Waals surface area contributed by atoms with Gasteiger partial charge in [0.25, 0.3) is 11.6 Å². The maximum Gasteiger partial charge on any atom is 0.270 e. The Morgan fingerprint density at radius 3 is 2.61 bits per heavy atom. The molecule has 0 fully saturated rings. The number of halogens is 2. The lowest BCUT2D eigenvalue weighted by Gasteiger charge is -2.21. The second kappa shape index (κ2) is 7.19. The first-order chi connectivity index (χ1) is 10.9. The number of carbonyl (C=O) groups excluding carboxylic acids is 1. The molecule has 0 unspecified atom stereocenters. The van der Waals surface area contributed by atoms with Crippen LogP contribution in [0.1, 0.15) is 22.8 Å². The van der Waals surface area contributed by atoms with Crippen LogP contribution in [0.25, 0.3) is 0 Å². The predicted molar refractivity (Wildman–Crippen MR) is 84.9 cm³/mol. The van der Waals surface area contributed by atoms with E-state index in [1.54, 1.807) is 19.1 Å². The number of hydrogen-bond donors (Lipinski definition) is 0. The van der Waals surface area contributed by atoms with Gasteiger partial charge in [-0.2, -0.15) is 0 Å². The van der Waals surface area contributed by atoms with Gasteiger partial charge in [0.05, 0.1) is 15.5 Å². The lowest BCUT2D eigenvalue weighted by molar-refractivity contribution is -0.384. The van der Waals surface area contributed by atoms with Crippen LogP contribution in [0.2, 0.25) is 5.02 Å². The van der Waals surface area contributed by atoms with Gasteiger partial charge in [-0.15, -0.1) is 0 Å². The topological polar surface area (TPSA) is 63.5 Å². The van der Waals surface area contributed by atoms with E-state index >= 15 is 0 Å². The van der Waals surface area contributed by atoms with Gasteiger partial charge in [0.1, 0.15) is 5.82 Å². The molecule has 0 bridgehead atoms. The van der Waals surface area contributed by atoms with Gasteiger partial charge in [0, 0.05) is 25.2 Å².